The molecule has 1 aromatic heterocycles. The van der Waals surface area contributed by atoms with Gasteiger partial charge in [-0.1, -0.05) is 43.6 Å². The molecule has 1 N–H and O–H groups in total. The van der Waals surface area contributed by atoms with E-state index >= 15 is 0 Å². The smallest absolute Gasteiger partial charge is 0.338 e. The molecule has 6 nitrogen and oxygen atoms in total. The van der Waals surface area contributed by atoms with Gasteiger partial charge >= 0.3 is 5.97 Å². The van der Waals surface area contributed by atoms with Gasteiger partial charge in [-0.15, -0.1) is 0 Å². The number of halogens is 1. The number of benzene rings is 1. The molecule has 0 bridgehead atoms. The molecule has 2 aromatic rings. The Morgan fingerprint density at radius 1 is 1.23 bits per heavy atom. The fourth-order valence-electron chi connectivity index (χ4n) is 1.98. The number of carbonyl (C=O) groups excluding carboxylic acids is 2. The second kappa shape index (κ2) is 10.1. The van der Waals surface area contributed by atoms with Crippen molar-refractivity contribution in [2.45, 2.75) is 31.8 Å². The molecule has 138 valence electrons. The lowest BCUT2D eigenvalue weighted by molar-refractivity contribution is 0.0499. The molecule has 0 fully saturated rings. The van der Waals surface area contributed by atoms with E-state index in [1.165, 1.54) is 18.0 Å². The quantitative estimate of drug-likeness (QED) is 0.309. The highest BCUT2D eigenvalue weighted by Gasteiger charge is 2.15. The number of anilines is 1. The van der Waals surface area contributed by atoms with Crippen LogP contribution in [0.2, 0.25) is 5.02 Å². The van der Waals surface area contributed by atoms with Gasteiger partial charge in [0.2, 0.25) is 0 Å². The highest BCUT2D eigenvalue weighted by atomic mass is 35.5. The van der Waals surface area contributed by atoms with E-state index in [1.54, 1.807) is 24.3 Å². The second-order valence-electron chi connectivity index (χ2n) is 5.30. The van der Waals surface area contributed by atoms with Crippen molar-refractivity contribution in [1.82, 2.24) is 9.97 Å². The number of hydrogen-bond donors (Lipinski definition) is 1. The summed E-state index contributed by atoms with van der Waals surface area (Å²) in [5, 5.41) is 3.38. The van der Waals surface area contributed by atoms with Crippen LogP contribution in [0.3, 0.4) is 0 Å². The molecule has 0 atom stereocenters. The summed E-state index contributed by atoms with van der Waals surface area (Å²) >= 11 is 7.45. The Labute approximate surface area is 161 Å². The van der Waals surface area contributed by atoms with Gasteiger partial charge < -0.3 is 10.1 Å². The zero-order valence-electron chi connectivity index (χ0n) is 14.6. The Hall–Kier alpha value is -2.12. The minimum absolute atomic E-state index is 0.112. The fraction of sp³-hybridized carbons (Fsp3) is 0.333. The van der Waals surface area contributed by atoms with E-state index in [-0.39, 0.29) is 16.7 Å². The number of ether oxygens (including phenoxy) is 1. The maximum Gasteiger partial charge on any atom is 0.338 e. The van der Waals surface area contributed by atoms with Gasteiger partial charge in [-0.25, -0.2) is 14.8 Å². The predicted octanol–water partition coefficient (Wildman–Crippen LogP) is 4.45. The van der Waals surface area contributed by atoms with Crippen molar-refractivity contribution in [3.8, 4) is 0 Å². The van der Waals surface area contributed by atoms with Gasteiger partial charge in [0, 0.05) is 5.69 Å². The summed E-state index contributed by atoms with van der Waals surface area (Å²) in [6, 6.07) is 6.46. The summed E-state index contributed by atoms with van der Waals surface area (Å²) < 4.78 is 5.15. The first-order valence-corrected chi connectivity index (χ1v) is 9.65. The van der Waals surface area contributed by atoms with Crippen LogP contribution in [0.15, 0.2) is 35.6 Å². The van der Waals surface area contributed by atoms with E-state index in [1.807, 2.05) is 13.8 Å². The van der Waals surface area contributed by atoms with Crippen LogP contribution in [-0.2, 0) is 4.74 Å². The molecule has 0 aliphatic rings. The molecule has 0 spiro atoms. The molecule has 8 heteroatoms. The summed E-state index contributed by atoms with van der Waals surface area (Å²) in [7, 11) is 0. The van der Waals surface area contributed by atoms with Crippen molar-refractivity contribution in [1.29, 1.82) is 0 Å². The van der Waals surface area contributed by atoms with Gasteiger partial charge in [0.1, 0.15) is 0 Å². The Morgan fingerprint density at radius 2 is 1.96 bits per heavy atom. The number of rotatable bonds is 8. The zero-order chi connectivity index (χ0) is 18.9. The van der Waals surface area contributed by atoms with Gasteiger partial charge in [-0.2, -0.15) is 0 Å². The molecule has 0 unspecified atom stereocenters. The van der Waals surface area contributed by atoms with E-state index in [4.69, 9.17) is 16.3 Å². The number of esters is 1. The van der Waals surface area contributed by atoms with Crippen molar-refractivity contribution in [2.24, 2.45) is 0 Å². The summed E-state index contributed by atoms with van der Waals surface area (Å²) in [5.74, 6) is -0.0246. The van der Waals surface area contributed by atoms with Gasteiger partial charge in [0.05, 0.1) is 23.4 Å². The molecule has 0 aliphatic heterocycles. The van der Waals surface area contributed by atoms with Crippen LogP contribution >= 0.6 is 23.4 Å². The molecular weight excluding hydrogens is 374 g/mol. The predicted molar refractivity (Wildman–Crippen MR) is 103 cm³/mol. The topological polar surface area (TPSA) is 81.2 Å². The van der Waals surface area contributed by atoms with E-state index in [2.05, 4.69) is 15.3 Å². The third-order valence-corrected chi connectivity index (χ3v) is 4.34. The van der Waals surface area contributed by atoms with Crippen LogP contribution in [-0.4, -0.2) is 34.2 Å². The molecule has 0 saturated carbocycles. The number of hydrogen-bond acceptors (Lipinski definition) is 6. The maximum atomic E-state index is 12.4. The number of nitrogens with one attached hydrogen (secondary N) is 1. The van der Waals surface area contributed by atoms with Crippen LogP contribution in [0.25, 0.3) is 0 Å². The van der Waals surface area contributed by atoms with E-state index < -0.39 is 5.91 Å². The summed E-state index contributed by atoms with van der Waals surface area (Å²) in [6.45, 7) is 4.40. The monoisotopic (exact) mass is 393 g/mol. The standard InChI is InChI=1S/C18H20ClN3O3S/c1-3-5-10-25-17(24)12-6-8-13(9-7-12)21-16(23)15-14(19)11-20-18(22-15)26-4-2/h6-9,11H,3-5,10H2,1-2H3,(H,21,23). The first-order valence-electron chi connectivity index (χ1n) is 8.29. The number of carbonyl (C=O) groups is 2. The van der Waals surface area contributed by atoms with Crippen LogP contribution in [0, 0.1) is 0 Å². The third kappa shape index (κ3) is 5.71. The Kier molecular flexibility index (Phi) is 7.87. The molecule has 1 heterocycles. The van der Waals surface area contributed by atoms with Gasteiger partial charge in [0.15, 0.2) is 10.9 Å². The minimum Gasteiger partial charge on any atom is -0.462 e. The molecule has 0 saturated heterocycles. The lowest BCUT2D eigenvalue weighted by atomic mass is 10.2. The number of thioether (sulfide) groups is 1. The summed E-state index contributed by atoms with van der Waals surface area (Å²) in [4.78, 5) is 32.5. The molecule has 1 amide bonds. The highest BCUT2D eigenvalue weighted by Crippen LogP contribution is 2.19. The van der Waals surface area contributed by atoms with E-state index in [9.17, 15) is 9.59 Å². The fourth-order valence-corrected chi connectivity index (χ4v) is 2.70. The normalized spacial score (nSPS) is 10.4. The van der Waals surface area contributed by atoms with Crippen molar-refractivity contribution >= 4 is 40.9 Å². The summed E-state index contributed by atoms with van der Waals surface area (Å²) in [6.07, 6.45) is 3.21. The average molecular weight is 394 g/mol. The van der Waals surface area contributed by atoms with Gasteiger partial charge in [-0.05, 0) is 36.4 Å². The van der Waals surface area contributed by atoms with E-state index in [0.29, 0.717) is 23.0 Å². The Balaban J connectivity index is 2.03. The highest BCUT2D eigenvalue weighted by molar-refractivity contribution is 7.99. The summed E-state index contributed by atoms with van der Waals surface area (Å²) in [5.41, 5.74) is 1.07. The molecule has 26 heavy (non-hydrogen) atoms. The number of aromatic nitrogens is 2. The first kappa shape index (κ1) is 20.2. The van der Waals surface area contributed by atoms with Crippen LogP contribution < -0.4 is 5.32 Å². The Morgan fingerprint density at radius 3 is 2.62 bits per heavy atom. The molecule has 2 rings (SSSR count). The van der Waals surface area contributed by atoms with Crippen LogP contribution in [0.4, 0.5) is 5.69 Å². The second-order valence-corrected chi connectivity index (χ2v) is 6.94. The van der Waals surface area contributed by atoms with Crippen molar-refractivity contribution in [3.63, 3.8) is 0 Å². The van der Waals surface area contributed by atoms with Crippen LogP contribution in [0.5, 0.6) is 0 Å². The molecular formula is C18H20ClN3O3S. The molecule has 0 radical (unpaired) electrons. The third-order valence-electron chi connectivity index (χ3n) is 3.32. The van der Waals surface area contributed by atoms with Crippen molar-refractivity contribution < 1.29 is 14.3 Å². The van der Waals surface area contributed by atoms with Gasteiger partial charge in [0.25, 0.3) is 5.91 Å². The zero-order valence-corrected chi connectivity index (χ0v) is 16.2. The van der Waals surface area contributed by atoms with E-state index in [0.717, 1.165) is 18.6 Å². The Bertz CT molecular complexity index is 769. The first-order chi connectivity index (χ1) is 12.5. The minimum atomic E-state index is -0.436. The number of unbranched alkanes of at least 4 members (excludes halogenated alkanes) is 1. The lowest BCUT2D eigenvalue weighted by Gasteiger charge is -2.08. The van der Waals surface area contributed by atoms with Crippen molar-refractivity contribution in [2.75, 3.05) is 17.7 Å². The molecule has 0 aliphatic carbocycles. The average Bonchev–Trinajstić information content (AvgIpc) is 2.64. The number of amides is 1. The maximum absolute atomic E-state index is 12.4. The van der Waals surface area contributed by atoms with Gasteiger partial charge in [-0.3, -0.25) is 4.79 Å². The van der Waals surface area contributed by atoms with Crippen LogP contribution in [0.1, 0.15) is 47.5 Å². The molecule has 1 aromatic carbocycles. The van der Waals surface area contributed by atoms with Crippen molar-refractivity contribution in [3.05, 3.63) is 46.7 Å². The SMILES string of the molecule is CCCCOC(=O)c1ccc(NC(=O)c2nc(SCC)ncc2Cl)cc1. The number of nitrogens with zero attached hydrogens (tertiary/aromatic N) is 2. The lowest BCUT2D eigenvalue weighted by Crippen LogP contribution is -2.15. The largest absolute Gasteiger partial charge is 0.462 e.